The molecule has 0 spiro atoms. The molecular formula is C18H26N4O6S2. The van der Waals surface area contributed by atoms with Crippen molar-refractivity contribution in [3.05, 3.63) is 0 Å². The van der Waals surface area contributed by atoms with E-state index in [1.807, 2.05) is 27.7 Å². The van der Waals surface area contributed by atoms with Crippen molar-refractivity contribution in [1.82, 2.24) is 9.80 Å². The highest BCUT2D eigenvalue weighted by atomic mass is 32.2. The van der Waals surface area contributed by atoms with Crippen LogP contribution in [-0.2, 0) is 28.7 Å². The number of nitrogens with zero attached hydrogens (tertiary/aromatic N) is 2. The van der Waals surface area contributed by atoms with Gasteiger partial charge in [0.2, 0.25) is 18.1 Å². The Morgan fingerprint density at radius 2 is 1.20 bits per heavy atom. The monoisotopic (exact) mass is 458 g/mol. The second-order valence-electron chi connectivity index (χ2n) is 9.01. The van der Waals surface area contributed by atoms with E-state index in [4.69, 9.17) is 20.9 Å². The average molecular weight is 459 g/mol. The van der Waals surface area contributed by atoms with E-state index in [2.05, 4.69) is 0 Å². The lowest BCUT2D eigenvalue weighted by molar-refractivity contribution is -0.196. The third kappa shape index (κ3) is 2.94. The van der Waals surface area contributed by atoms with Crippen LogP contribution < -0.4 is 11.5 Å². The summed E-state index contributed by atoms with van der Waals surface area (Å²) in [6, 6.07) is -2.90. The Bertz CT molecular complexity index is 769. The number of carbonyl (C=O) groups is 4. The normalized spacial score (nSPS) is 38.9. The van der Waals surface area contributed by atoms with E-state index < -0.39 is 51.9 Å². The molecule has 4 heterocycles. The molecule has 0 aromatic heterocycles. The highest BCUT2D eigenvalue weighted by Crippen LogP contribution is 2.51. The summed E-state index contributed by atoms with van der Waals surface area (Å²) >= 11 is 2.90. The maximum atomic E-state index is 12.8. The number of rotatable bonds is 4. The van der Waals surface area contributed by atoms with Gasteiger partial charge in [-0.15, -0.1) is 23.5 Å². The fourth-order valence-electron chi connectivity index (χ4n) is 4.53. The molecule has 6 atom stereocenters. The van der Waals surface area contributed by atoms with E-state index in [1.54, 1.807) is 0 Å². The first-order valence-corrected chi connectivity index (χ1v) is 11.5. The molecule has 30 heavy (non-hydrogen) atoms. The van der Waals surface area contributed by atoms with Crippen LogP contribution in [0.3, 0.4) is 0 Å². The van der Waals surface area contributed by atoms with Gasteiger partial charge in [-0.2, -0.15) is 0 Å². The second-order valence-corrected chi connectivity index (χ2v) is 12.6. The zero-order valence-electron chi connectivity index (χ0n) is 17.4. The number of nitrogens with two attached hydrogens (primary N) is 2. The number of esters is 2. The number of fused-ring (bicyclic) bond motifs is 2. The van der Waals surface area contributed by atoms with Gasteiger partial charge < -0.3 is 30.7 Å². The van der Waals surface area contributed by atoms with Crippen molar-refractivity contribution in [2.75, 3.05) is 0 Å². The molecular weight excluding hydrogens is 432 g/mol. The van der Waals surface area contributed by atoms with Crippen LogP contribution in [0.25, 0.3) is 0 Å². The zero-order valence-corrected chi connectivity index (χ0v) is 19.0. The van der Waals surface area contributed by atoms with Crippen LogP contribution in [0, 0.1) is 0 Å². The number of hydrogen-bond donors (Lipinski definition) is 2. The van der Waals surface area contributed by atoms with Gasteiger partial charge in [-0.1, -0.05) is 0 Å². The van der Waals surface area contributed by atoms with Crippen LogP contribution in [0.2, 0.25) is 0 Å². The van der Waals surface area contributed by atoms with E-state index in [0.717, 1.165) is 0 Å². The Kier molecular flexibility index (Phi) is 4.89. The Morgan fingerprint density at radius 3 is 1.53 bits per heavy atom. The van der Waals surface area contributed by atoms with Gasteiger partial charge in [0.1, 0.15) is 34.9 Å². The molecule has 4 rings (SSSR count). The molecule has 12 heteroatoms. The van der Waals surface area contributed by atoms with Gasteiger partial charge in [0.15, 0.2) is 0 Å². The molecule has 4 aliphatic heterocycles. The van der Waals surface area contributed by atoms with Crippen molar-refractivity contribution in [1.29, 1.82) is 0 Å². The van der Waals surface area contributed by atoms with Crippen LogP contribution in [0.4, 0.5) is 0 Å². The van der Waals surface area contributed by atoms with Crippen molar-refractivity contribution in [3.63, 3.8) is 0 Å². The number of amides is 2. The third-order valence-corrected chi connectivity index (χ3v) is 9.16. The predicted molar refractivity (Wildman–Crippen MR) is 110 cm³/mol. The molecule has 0 saturated carbocycles. The second kappa shape index (κ2) is 6.75. The predicted octanol–water partition coefficient (Wildman–Crippen LogP) is -0.802. The smallest absolute Gasteiger partial charge is 0.333 e. The molecule has 4 aliphatic rings. The maximum Gasteiger partial charge on any atom is 0.333 e. The van der Waals surface area contributed by atoms with Crippen molar-refractivity contribution in [3.8, 4) is 0 Å². The molecule has 2 unspecified atom stereocenters. The maximum absolute atomic E-state index is 12.8. The SMILES string of the molecule is CC(OC(=O)[C@@H]1N2C(=O)C(N)[C@H]2SC1(C)C)OC(=O)[C@@H]1N2C(=O)C(N)[C@H]2SC1(C)C. The Labute approximate surface area is 182 Å². The fraction of sp³-hybridized carbons (Fsp3) is 0.778. The minimum Gasteiger partial charge on any atom is -0.424 e. The number of carbonyl (C=O) groups excluding carboxylic acids is 4. The van der Waals surface area contributed by atoms with Crippen molar-refractivity contribution < 1.29 is 28.7 Å². The van der Waals surface area contributed by atoms with E-state index in [-0.39, 0.29) is 22.6 Å². The van der Waals surface area contributed by atoms with Gasteiger partial charge in [0, 0.05) is 16.4 Å². The van der Waals surface area contributed by atoms with E-state index in [9.17, 15) is 19.2 Å². The zero-order chi connectivity index (χ0) is 22.3. The summed E-state index contributed by atoms with van der Waals surface area (Å²) in [6.45, 7) is 8.80. The first kappa shape index (κ1) is 21.7. The summed E-state index contributed by atoms with van der Waals surface area (Å²) in [4.78, 5) is 52.8. The summed E-state index contributed by atoms with van der Waals surface area (Å²) in [5, 5.41) is -0.532. The number of ether oxygens (including phenoxy) is 2. The van der Waals surface area contributed by atoms with Crippen LogP contribution in [0.15, 0.2) is 0 Å². The molecule has 4 saturated heterocycles. The molecule has 0 bridgehead atoms. The Balaban J connectivity index is 1.41. The van der Waals surface area contributed by atoms with E-state index in [1.165, 1.54) is 40.2 Å². The van der Waals surface area contributed by atoms with Gasteiger partial charge in [-0.05, 0) is 27.7 Å². The molecule has 4 fully saturated rings. The fourth-order valence-corrected chi connectivity index (χ4v) is 7.65. The number of hydrogen-bond acceptors (Lipinski definition) is 10. The third-order valence-electron chi connectivity index (χ3n) is 5.98. The molecule has 0 aliphatic carbocycles. The van der Waals surface area contributed by atoms with E-state index in [0.29, 0.717) is 0 Å². The minimum absolute atomic E-state index is 0.266. The molecule has 0 aromatic rings. The first-order chi connectivity index (χ1) is 13.8. The molecule has 2 amide bonds. The molecule has 0 aromatic carbocycles. The lowest BCUT2D eigenvalue weighted by atomic mass is 9.96. The minimum atomic E-state index is -1.18. The van der Waals surface area contributed by atoms with Crippen LogP contribution >= 0.6 is 23.5 Å². The Hall–Kier alpha value is -1.50. The van der Waals surface area contributed by atoms with Gasteiger partial charge in [0.25, 0.3) is 0 Å². The summed E-state index contributed by atoms with van der Waals surface area (Å²) in [5.74, 6) is -1.91. The van der Waals surface area contributed by atoms with Gasteiger partial charge in [-0.25, -0.2) is 9.59 Å². The van der Waals surface area contributed by atoms with Crippen LogP contribution in [0.5, 0.6) is 0 Å². The summed E-state index contributed by atoms with van der Waals surface area (Å²) in [6.07, 6.45) is -1.18. The first-order valence-electron chi connectivity index (χ1n) is 9.70. The van der Waals surface area contributed by atoms with Crippen LogP contribution in [-0.4, -0.2) is 84.3 Å². The lowest BCUT2D eigenvalue weighted by Crippen LogP contribution is -2.69. The highest BCUT2D eigenvalue weighted by Gasteiger charge is 2.64. The summed E-state index contributed by atoms with van der Waals surface area (Å²) in [7, 11) is 0. The van der Waals surface area contributed by atoms with Gasteiger partial charge in [-0.3, -0.25) is 9.59 Å². The van der Waals surface area contributed by atoms with Crippen molar-refractivity contribution in [2.24, 2.45) is 11.5 Å². The van der Waals surface area contributed by atoms with Crippen LogP contribution in [0.1, 0.15) is 34.6 Å². The number of thioether (sulfide) groups is 2. The van der Waals surface area contributed by atoms with Gasteiger partial charge >= 0.3 is 11.9 Å². The highest BCUT2D eigenvalue weighted by molar-refractivity contribution is 8.02. The molecule has 166 valence electrons. The molecule has 10 nitrogen and oxygen atoms in total. The van der Waals surface area contributed by atoms with Crippen molar-refractivity contribution in [2.45, 2.75) is 85.3 Å². The standard InChI is InChI=1S/C18H26N4O6S2/c1-6(27-15(25)9-17(2,3)29-13-7(19)11(23)21(9)13)28-16(26)10-18(4,5)30-14-8(20)12(24)22(10)14/h6-10,13-14H,19-20H2,1-5H3/t6?,7?,8?,9-,10-,13+,14+/m0/s1. The quantitative estimate of drug-likeness (QED) is 0.312. The molecule has 4 N–H and O–H groups in total. The van der Waals surface area contributed by atoms with E-state index >= 15 is 0 Å². The number of β-lactam (4-membered cyclic amide) rings is 2. The van der Waals surface area contributed by atoms with Gasteiger partial charge in [0.05, 0.1) is 0 Å². The summed E-state index contributed by atoms with van der Waals surface area (Å²) < 4.78 is 9.55. The average Bonchev–Trinajstić information content (AvgIpc) is 3.06. The Morgan fingerprint density at radius 1 is 0.867 bits per heavy atom. The van der Waals surface area contributed by atoms with Crippen molar-refractivity contribution >= 4 is 47.3 Å². The molecule has 0 radical (unpaired) electrons. The topological polar surface area (TPSA) is 145 Å². The largest absolute Gasteiger partial charge is 0.424 e. The summed E-state index contributed by atoms with van der Waals surface area (Å²) in [5.41, 5.74) is 11.7. The lowest BCUT2D eigenvalue weighted by Gasteiger charge is -2.42.